The van der Waals surface area contributed by atoms with Crippen molar-refractivity contribution in [1.82, 2.24) is 0 Å². The molecule has 4 aliphatic rings. The quantitative estimate of drug-likeness (QED) is 0.363. The molecule has 9 atom stereocenters. The van der Waals surface area contributed by atoms with Crippen LogP contribution in [-0.2, 0) is 14.3 Å². The van der Waals surface area contributed by atoms with Gasteiger partial charge in [-0.1, -0.05) is 41.5 Å². The highest BCUT2D eigenvalue weighted by Crippen LogP contribution is 2.74. The molecule has 0 aromatic carbocycles. The van der Waals surface area contributed by atoms with Gasteiger partial charge in [0.15, 0.2) is 0 Å². The third kappa shape index (κ3) is 3.18. The Morgan fingerprint density at radius 2 is 1.61 bits per heavy atom. The van der Waals surface area contributed by atoms with Gasteiger partial charge in [0, 0.05) is 18.8 Å². The third-order valence-electron chi connectivity index (χ3n) is 11.9. The van der Waals surface area contributed by atoms with Crippen molar-refractivity contribution in [1.29, 1.82) is 0 Å². The lowest BCUT2D eigenvalue weighted by molar-refractivity contribution is -0.209. The molecule has 0 bridgehead atoms. The number of ether oxygens (including phenoxy) is 1. The van der Waals surface area contributed by atoms with Crippen molar-refractivity contribution in [3.63, 3.8) is 0 Å². The average Bonchev–Trinajstić information content (AvgIpc) is 2.96. The minimum Gasteiger partial charge on any atom is -0.462 e. The Kier molecular flexibility index (Phi) is 5.71. The molecule has 4 aliphatic carbocycles. The van der Waals surface area contributed by atoms with Gasteiger partial charge in [-0.3, -0.25) is 4.79 Å². The van der Waals surface area contributed by atoms with Crippen molar-refractivity contribution in [2.45, 2.75) is 112 Å². The second-order valence-corrected chi connectivity index (χ2v) is 13.2. The number of rotatable bonds is 4. The standard InChI is InChI=1S/C28H46O3/c1-18(13-17-29)20-10-15-28(7)22-8-9-23-25(3,4)24(31-19(2)30)12-14-26(23,5)21(22)11-16-27(20,28)6/h17-18,20-24H,8-16H2,1-7H3/t18-,20?,21?,22?,23?,24+,26-,27-,28+/m1/s1. The van der Waals surface area contributed by atoms with E-state index in [4.69, 9.17) is 4.74 Å². The van der Waals surface area contributed by atoms with Crippen LogP contribution in [0.2, 0.25) is 0 Å². The van der Waals surface area contributed by atoms with Crippen LogP contribution in [0.4, 0.5) is 0 Å². The molecule has 4 unspecified atom stereocenters. The van der Waals surface area contributed by atoms with E-state index in [-0.39, 0.29) is 17.5 Å². The molecule has 176 valence electrons. The Morgan fingerprint density at radius 3 is 2.26 bits per heavy atom. The maximum atomic E-state index is 11.8. The first-order valence-corrected chi connectivity index (χ1v) is 13.0. The smallest absolute Gasteiger partial charge is 0.302 e. The number of hydrogen-bond donors (Lipinski definition) is 0. The molecule has 0 saturated heterocycles. The molecule has 3 heteroatoms. The first kappa shape index (κ1) is 23.3. The summed E-state index contributed by atoms with van der Waals surface area (Å²) in [5.74, 6) is 3.26. The number of carbonyl (C=O) groups excluding carboxylic acids is 2. The highest BCUT2D eigenvalue weighted by molar-refractivity contribution is 5.66. The van der Waals surface area contributed by atoms with E-state index in [1.54, 1.807) is 6.92 Å². The van der Waals surface area contributed by atoms with Gasteiger partial charge in [0.2, 0.25) is 0 Å². The highest BCUT2D eigenvalue weighted by atomic mass is 16.5. The maximum absolute atomic E-state index is 11.8. The van der Waals surface area contributed by atoms with Gasteiger partial charge in [-0.05, 0) is 97.2 Å². The van der Waals surface area contributed by atoms with Crippen molar-refractivity contribution in [2.75, 3.05) is 0 Å². The third-order valence-corrected chi connectivity index (χ3v) is 11.9. The summed E-state index contributed by atoms with van der Waals surface area (Å²) in [5.41, 5.74) is 1.15. The summed E-state index contributed by atoms with van der Waals surface area (Å²) in [5, 5.41) is 0. The summed E-state index contributed by atoms with van der Waals surface area (Å²) in [6, 6.07) is 0. The van der Waals surface area contributed by atoms with Crippen molar-refractivity contribution >= 4 is 12.3 Å². The van der Waals surface area contributed by atoms with Crippen LogP contribution in [0.15, 0.2) is 0 Å². The highest BCUT2D eigenvalue weighted by Gasteiger charge is 2.67. The van der Waals surface area contributed by atoms with Gasteiger partial charge in [-0.25, -0.2) is 0 Å². The first-order chi connectivity index (χ1) is 14.4. The van der Waals surface area contributed by atoms with Gasteiger partial charge < -0.3 is 9.53 Å². The molecule has 0 aliphatic heterocycles. The van der Waals surface area contributed by atoms with E-state index in [1.165, 1.54) is 44.9 Å². The van der Waals surface area contributed by atoms with Crippen molar-refractivity contribution in [2.24, 2.45) is 51.2 Å². The predicted molar refractivity (Wildman–Crippen MR) is 124 cm³/mol. The van der Waals surface area contributed by atoms with Crippen LogP contribution in [0.25, 0.3) is 0 Å². The second-order valence-electron chi connectivity index (χ2n) is 13.2. The Balaban J connectivity index is 1.63. The van der Waals surface area contributed by atoms with Crippen LogP contribution in [0.3, 0.4) is 0 Å². The summed E-state index contributed by atoms with van der Waals surface area (Å²) in [6.45, 7) is 16.4. The van der Waals surface area contributed by atoms with E-state index in [0.717, 1.165) is 31.0 Å². The minimum atomic E-state index is -0.127. The van der Waals surface area contributed by atoms with E-state index >= 15 is 0 Å². The molecule has 0 amide bonds. The lowest BCUT2D eigenvalue weighted by atomic mass is 9.38. The molecule has 0 heterocycles. The fourth-order valence-corrected chi connectivity index (χ4v) is 10.2. The molecule has 0 N–H and O–H groups in total. The largest absolute Gasteiger partial charge is 0.462 e. The van der Waals surface area contributed by atoms with Gasteiger partial charge >= 0.3 is 5.97 Å². The molecular formula is C28H46O3. The monoisotopic (exact) mass is 430 g/mol. The van der Waals surface area contributed by atoms with Crippen LogP contribution >= 0.6 is 0 Å². The number of fused-ring (bicyclic) bond motifs is 5. The zero-order valence-electron chi connectivity index (χ0n) is 21.1. The van der Waals surface area contributed by atoms with E-state index in [1.807, 2.05) is 0 Å². The summed E-state index contributed by atoms with van der Waals surface area (Å²) < 4.78 is 5.84. The molecule has 4 fully saturated rings. The second kappa shape index (κ2) is 7.59. The van der Waals surface area contributed by atoms with Crippen LogP contribution in [-0.4, -0.2) is 18.4 Å². The molecule has 3 nitrogen and oxygen atoms in total. The van der Waals surface area contributed by atoms with Gasteiger partial charge in [0.1, 0.15) is 12.4 Å². The average molecular weight is 431 g/mol. The Morgan fingerprint density at radius 1 is 0.935 bits per heavy atom. The molecule has 0 aromatic rings. The number of esters is 1. The number of carbonyl (C=O) groups is 2. The SMILES string of the molecule is CC(=O)O[C@H]1CC[C@]2(C)C3CC[C@]4(C)C([C@H](C)CC=O)CC[C@@]4(C)C3CCC2C1(C)C. The summed E-state index contributed by atoms with van der Waals surface area (Å²) in [6.07, 6.45) is 12.0. The molecule has 4 rings (SSSR count). The fraction of sp³-hybridized carbons (Fsp3) is 0.929. The zero-order valence-corrected chi connectivity index (χ0v) is 21.1. The molecule has 4 saturated carbocycles. The van der Waals surface area contributed by atoms with Crippen LogP contribution < -0.4 is 0 Å². The van der Waals surface area contributed by atoms with E-state index < -0.39 is 0 Å². The lowest BCUT2D eigenvalue weighted by Gasteiger charge is -2.67. The normalized spacial score (nSPS) is 49.3. The number of aldehydes is 1. The van der Waals surface area contributed by atoms with Crippen molar-refractivity contribution in [3.8, 4) is 0 Å². The Bertz CT molecular complexity index is 728. The minimum absolute atomic E-state index is 0.0436. The van der Waals surface area contributed by atoms with Gasteiger partial charge in [0.25, 0.3) is 0 Å². The van der Waals surface area contributed by atoms with Crippen molar-refractivity contribution < 1.29 is 14.3 Å². The summed E-state index contributed by atoms with van der Waals surface area (Å²) >= 11 is 0. The van der Waals surface area contributed by atoms with Gasteiger partial charge in [0.05, 0.1) is 0 Å². The molecule has 31 heavy (non-hydrogen) atoms. The topological polar surface area (TPSA) is 43.4 Å². The maximum Gasteiger partial charge on any atom is 0.302 e. The number of hydrogen-bond acceptors (Lipinski definition) is 3. The Hall–Kier alpha value is -0.860. The summed E-state index contributed by atoms with van der Waals surface area (Å²) in [4.78, 5) is 23.0. The zero-order chi connectivity index (χ0) is 22.8. The van der Waals surface area contributed by atoms with Crippen LogP contribution in [0.1, 0.15) is 106 Å². The predicted octanol–water partition coefficient (Wildman–Crippen LogP) is 6.83. The molecule has 0 radical (unpaired) electrons. The molecule has 0 spiro atoms. The first-order valence-electron chi connectivity index (χ1n) is 13.0. The fourth-order valence-electron chi connectivity index (χ4n) is 10.2. The Labute approximate surface area is 190 Å². The molecule has 0 aromatic heterocycles. The lowest BCUT2D eigenvalue weighted by Crippen LogP contribution is -2.62. The van der Waals surface area contributed by atoms with E-state index in [2.05, 4.69) is 41.5 Å². The van der Waals surface area contributed by atoms with Crippen LogP contribution in [0.5, 0.6) is 0 Å². The van der Waals surface area contributed by atoms with Gasteiger partial charge in [-0.2, -0.15) is 0 Å². The van der Waals surface area contributed by atoms with E-state index in [0.29, 0.717) is 34.0 Å². The molecular weight excluding hydrogens is 384 g/mol. The van der Waals surface area contributed by atoms with Gasteiger partial charge in [-0.15, -0.1) is 0 Å². The van der Waals surface area contributed by atoms with Crippen LogP contribution in [0, 0.1) is 51.2 Å². The van der Waals surface area contributed by atoms with E-state index in [9.17, 15) is 9.59 Å². The van der Waals surface area contributed by atoms with Crippen molar-refractivity contribution in [3.05, 3.63) is 0 Å². The summed E-state index contributed by atoms with van der Waals surface area (Å²) in [7, 11) is 0.